The second kappa shape index (κ2) is 7.15. The van der Waals surface area contributed by atoms with Crippen LogP contribution in [0, 0.1) is 0 Å². The molecule has 0 unspecified atom stereocenters. The molecule has 3 rings (SSSR count). The Kier molecular flexibility index (Phi) is 5.13. The zero-order valence-corrected chi connectivity index (χ0v) is 15.0. The lowest BCUT2D eigenvalue weighted by Crippen LogP contribution is -2.39. The van der Waals surface area contributed by atoms with E-state index >= 15 is 0 Å². The van der Waals surface area contributed by atoms with Crippen molar-refractivity contribution in [1.82, 2.24) is 4.31 Å². The molecule has 0 spiro atoms. The minimum atomic E-state index is -3.65. The summed E-state index contributed by atoms with van der Waals surface area (Å²) in [4.78, 5) is 11.1. The van der Waals surface area contributed by atoms with Crippen molar-refractivity contribution in [2.75, 3.05) is 13.1 Å². The zero-order valence-electron chi connectivity index (χ0n) is 13.4. The van der Waals surface area contributed by atoms with Gasteiger partial charge in [0, 0.05) is 13.1 Å². The predicted molar refractivity (Wildman–Crippen MR) is 95.6 cm³/mol. The minimum absolute atomic E-state index is 0.0360. The van der Waals surface area contributed by atoms with E-state index in [1.807, 2.05) is 0 Å². The fraction of sp³-hybridized carbons (Fsp3) is 0.278. The van der Waals surface area contributed by atoms with Crippen molar-refractivity contribution in [3.05, 3.63) is 64.7 Å². The van der Waals surface area contributed by atoms with Gasteiger partial charge in [-0.15, -0.1) is 0 Å². The summed E-state index contributed by atoms with van der Waals surface area (Å²) < 4.78 is 27.3. The molecular formula is C18H18ClNO4S. The molecule has 1 fully saturated rings. The van der Waals surface area contributed by atoms with E-state index in [0.29, 0.717) is 13.1 Å². The number of aromatic carboxylic acids is 1. The summed E-state index contributed by atoms with van der Waals surface area (Å²) in [5, 5.41) is 9.20. The molecule has 1 aliphatic rings. The molecule has 25 heavy (non-hydrogen) atoms. The maximum absolute atomic E-state index is 12.9. The van der Waals surface area contributed by atoms with Crippen molar-refractivity contribution in [2.24, 2.45) is 0 Å². The van der Waals surface area contributed by atoms with E-state index in [1.165, 1.54) is 10.4 Å². The standard InChI is InChI=1S/C18H18ClNO4S/c19-16-5-1-2-6-17(16)25(23,24)20-11-3-4-15(12-20)13-7-9-14(10-8-13)18(21)22/h1-2,5-10,15H,3-4,11-12H2,(H,21,22)/t15-/m0/s1. The van der Waals surface area contributed by atoms with Gasteiger partial charge in [0.25, 0.3) is 0 Å². The maximum Gasteiger partial charge on any atom is 0.335 e. The molecule has 5 nitrogen and oxygen atoms in total. The highest BCUT2D eigenvalue weighted by atomic mass is 35.5. The fourth-order valence-corrected chi connectivity index (χ4v) is 5.14. The normalized spacial score (nSPS) is 18.8. The van der Waals surface area contributed by atoms with Crippen molar-refractivity contribution < 1.29 is 18.3 Å². The van der Waals surface area contributed by atoms with Crippen LogP contribution in [-0.2, 0) is 10.0 Å². The van der Waals surface area contributed by atoms with Gasteiger partial charge >= 0.3 is 5.97 Å². The molecule has 0 amide bonds. The van der Waals surface area contributed by atoms with Gasteiger partial charge in [0.2, 0.25) is 10.0 Å². The van der Waals surface area contributed by atoms with E-state index in [0.717, 1.165) is 18.4 Å². The van der Waals surface area contributed by atoms with Gasteiger partial charge in [0.05, 0.1) is 10.6 Å². The molecular weight excluding hydrogens is 362 g/mol. The lowest BCUT2D eigenvalue weighted by atomic mass is 9.91. The number of rotatable bonds is 4. The van der Waals surface area contributed by atoms with Crippen LogP contribution in [-0.4, -0.2) is 36.9 Å². The molecule has 7 heteroatoms. The second-order valence-corrected chi connectivity index (χ2v) is 8.37. The van der Waals surface area contributed by atoms with Crippen LogP contribution in [0.1, 0.15) is 34.7 Å². The van der Waals surface area contributed by atoms with Gasteiger partial charge in [-0.05, 0) is 48.6 Å². The number of carboxylic acids is 1. The van der Waals surface area contributed by atoms with E-state index in [-0.39, 0.29) is 21.4 Å². The number of sulfonamides is 1. The SMILES string of the molecule is O=C(O)c1ccc([C@H]2CCCN(S(=O)(=O)c3ccccc3Cl)C2)cc1. The lowest BCUT2D eigenvalue weighted by molar-refractivity contribution is 0.0697. The molecule has 132 valence electrons. The number of benzene rings is 2. The van der Waals surface area contributed by atoms with Crippen molar-refractivity contribution in [2.45, 2.75) is 23.7 Å². The Bertz CT molecular complexity index is 880. The van der Waals surface area contributed by atoms with Gasteiger partial charge in [-0.25, -0.2) is 13.2 Å². The van der Waals surface area contributed by atoms with Crippen molar-refractivity contribution in [3.8, 4) is 0 Å². The summed E-state index contributed by atoms with van der Waals surface area (Å²) in [7, 11) is -3.65. The molecule has 0 aliphatic carbocycles. The van der Waals surface area contributed by atoms with Crippen LogP contribution in [0.2, 0.25) is 5.02 Å². The Labute approximate surface area is 151 Å². The van der Waals surface area contributed by atoms with E-state index < -0.39 is 16.0 Å². The number of carbonyl (C=O) groups is 1. The number of piperidine rings is 1. The van der Waals surface area contributed by atoms with Crippen molar-refractivity contribution in [1.29, 1.82) is 0 Å². The topological polar surface area (TPSA) is 74.7 Å². The quantitative estimate of drug-likeness (QED) is 0.880. The smallest absolute Gasteiger partial charge is 0.335 e. The first-order chi connectivity index (χ1) is 11.9. The molecule has 1 aliphatic heterocycles. The van der Waals surface area contributed by atoms with E-state index in [9.17, 15) is 13.2 Å². The van der Waals surface area contributed by atoms with E-state index in [1.54, 1.807) is 42.5 Å². The molecule has 1 N–H and O–H groups in total. The van der Waals surface area contributed by atoms with Crippen LogP contribution in [0.3, 0.4) is 0 Å². The van der Waals surface area contributed by atoms with Crippen molar-refractivity contribution in [3.63, 3.8) is 0 Å². The number of nitrogens with zero attached hydrogens (tertiary/aromatic N) is 1. The Balaban J connectivity index is 1.83. The number of hydrogen-bond acceptors (Lipinski definition) is 3. The van der Waals surface area contributed by atoms with Gasteiger partial charge in [0.15, 0.2) is 0 Å². The van der Waals surface area contributed by atoms with Gasteiger partial charge in [0.1, 0.15) is 4.90 Å². The second-order valence-electron chi connectivity index (χ2n) is 6.06. The van der Waals surface area contributed by atoms with Crippen LogP contribution in [0.25, 0.3) is 0 Å². The third kappa shape index (κ3) is 3.71. The molecule has 1 heterocycles. The largest absolute Gasteiger partial charge is 0.478 e. The molecule has 2 aromatic rings. The van der Waals surface area contributed by atoms with Gasteiger partial charge < -0.3 is 5.11 Å². The highest BCUT2D eigenvalue weighted by molar-refractivity contribution is 7.89. The first-order valence-corrected chi connectivity index (χ1v) is 9.79. The molecule has 0 bridgehead atoms. The summed E-state index contributed by atoms with van der Waals surface area (Å²) in [5.74, 6) is -0.938. The molecule has 1 saturated heterocycles. The molecule has 0 saturated carbocycles. The lowest BCUT2D eigenvalue weighted by Gasteiger charge is -2.32. The summed E-state index contributed by atoms with van der Waals surface area (Å²) in [6.45, 7) is 0.817. The number of halogens is 1. The zero-order chi connectivity index (χ0) is 18.0. The van der Waals surface area contributed by atoms with Crippen LogP contribution >= 0.6 is 11.6 Å². The number of carboxylic acid groups (broad SMARTS) is 1. The molecule has 0 aromatic heterocycles. The Morgan fingerprint density at radius 3 is 2.44 bits per heavy atom. The average molecular weight is 380 g/mol. The van der Waals surface area contributed by atoms with Crippen LogP contribution in [0.4, 0.5) is 0 Å². The van der Waals surface area contributed by atoms with Crippen molar-refractivity contribution >= 4 is 27.6 Å². The molecule has 2 aromatic carbocycles. The summed E-state index contributed by atoms with van der Waals surface area (Å²) in [6, 6.07) is 13.1. The van der Waals surface area contributed by atoms with Gasteiger partial charge in [-0.1, -0.05) is 35.9 Å². The highest BCUT2D eigenvalue weighted by Gasteiger charge is 2.32. The van der Waals surface area contributed by atoms with Crippen LogP contribution in [0.5, 0.6) is 0 Å². The minimum Gasteiger partial charge on any atom is -0.478 e. The first-order valence-electron chi connectivity index (χ1n) is 7.97. The third-order valence-electron chi connectivity index (χ3n) is 4.47. The molecule has 1 atom stereocenters. The van der Waals surface area contributed by atoms with Crippen LogP contribution in [0.15, 0.2) is 53.4 Å². The summed E-state index contributed by atoms with van der Waals surface area (Å²) >= 11 is 6.07. The highest BCUT2D eigenvalue weighted by Crippen LogP contribution is 2.32. The van der Waals surface area contributed by atoms with E-state index in [2.05, 4.69) is 0 Å². The molecule has 0 radical (unpaired) electrons. The third-order valence-corrected chi connectivity index (χ3v) is 6.83. The van der Waals surface area contributed by atoms with Gasteiger partial charge in [-0.3, -0.25) is 0 Å². The van der Waals surface area contributed by atoms with Crippen LogP contribution < -0.4 is 0 Å². The first kappa shape index (κ1) is 17.9. The predicted octanol–water partition coefficient (Wildman–Crippen LogP) is 3.61. The van der Waals surface area contributed by atoms with Gasteiger partial charge in [-0.2, -0.15) is 4.31 Å². The maximum atomic E-state index is 12.9. The Morgan fingerprint density at radius 1 is 1.12 bits per heavy atom. The Hall–Kier alpha value is -1.89. The fourth-order valence-electron chi connectivity index (χ4n) is 3.12. The number of hydrogen-bond donors (Lipinski definition) is 1. The monoisotopic (exact) mass is 379 g/mol. The Morgan fingerprint density at radius 2 is 1.80 bits per heavy atom. The summed E-state index contributed by atoms with van der Waals surface area (Å²) in [6.07, 6.45) is 1.61. The summed E-state index contributed by atoms with van der Waals surface area (Å²) in [5.41, 5.74) is 1.17. The van der Waals surface area contributed by atoms with E-state index in [4.69, 9.17) is 16.7 Å². The average Bonchev–Trinajstić information content (AvgIpc) is 2.62.